The zero-order valence-electron chi connectivity index (χ0n) is 9.99. The van der Waals surface area contributed by atoms with Gasteiger partial charge in [0.15, 0.2) is 5.82 Å². The maximum atomic E-state index is 5.43. The number of rotatable bonds is 1. The fraction of sp³-hybridized carbons (Fsp3) is 0.636. The zero-order valence-corrected chi connectivity index (χ0v) is 9.99. The molecule has 0 aliphatic carbocycles. The Bertz CT molecular complexity index is 568. The Morgan fingerprint density at radius 1 is 1.22 bits per heavy atom. The first-order valence-corrected chi connectivity index (χ1v) is 6.22. The van der Waals surface area contributed by atoms with Crippen molar-refractivity contribution in [2.24, 2.45) is 5.41 Å². The Morgan fingerprint density at radius 3 is 2.89 bits per heavy atom. The molecule has 4 heterocycles. The Balaban J connectivity index is 1.60. The molecule has 2 fully saturated rings. The summed E-state index contributed by atoms with van der Waals surface area (Å²) in [6, 6.07) is 0. The van der Waals surface area contributed by atoms with Crippen LogP contribution in [0.3, 0.4) is 0 Å². The van der Waals surface area contributed by atoms with E-state index >= 15 is 0 Å². The number of fused-ring (bicyclic) bond motifs is 1. The highest BCUT2D eigenvalue weighted by atomic mass is 16.5. The van der Waals surface area contributed by atoms with Crippen molar-refractivity contribution in [2.45, 2.75) is 12.8 Å². The molecule has 0 amide bonds. The van der Waals surface area contributed by atoms with Crippen LogP contribution in [0.1, 0.15) is 12.8 Å². The standard InChI is InChI=1S/C11H14N6O/c1-5-18-6-2-11(1)7-16(8-11)9-10-13-14-15-17(10)4-3-12-9/h3-4H,1-2,5-8H2. The fourth-order valence-electron chi connectivity index (χ4n) is 2.92. The van der Waals surface area contributed by atoms with Crippen molar-refractivity contribution in [2.75, 3.05) is 31.2 Å². The largest absolute Gasteiger partial charge is 0.381 e. The molecule has 2 aromatic heterocycles. The molecule has 18 heavy (non-hydrogen) atoms. The van der Waals surface area contributed by atoms with E-state index < -0.39 is 0 Å². The molecule has 1 spiro atoms. The van der Waals surface area contributed by atoms with Crippen LogP contribution in [-0.2, 0) is 4.74 Å². The van der Waals surface area contributed by atoms with E-state index in [9.17, 15) is 0 Å². The molecule has 94 valence electrons. The van der Waals surface area contributed by atoms with E-state index in [2.05, 4.69) is 25.4 Å². The van der Waals surface area contributed by atoms with E-state index in [0.717, 1.165) is 50.6 Å². The van der Waals surface area contributed by atoms with Crippen molar-refractivity contribution in [1.82, 2.24) is 25.0 Å². The quantitative estimate of drug-likeness (QED) is 0.712. The van der Waals surface area contributed by atoms with E-state index in [1.54, 1.807) is 16.9 Å². The van der Waals surface area contributed by atoms with E-state index in [1.807, 2.05) is 0 Å². The van der Waals surface area contributed by atoms with Crippen molar-refractivity contribution in [1.29, 1.82) is 0 Å². The molecule has 0 atom stereocenters. The topological polar surface area (TPSA) is 68.4 Å². The van der Waals surface area contributed by atoms with E-state index in [-0.39, 0.29) is 0 Å². The van der Waals surface area contributed by atoms with Crippen LogP contribution in [0.2, 0.25) is 0 Å². The Kier molecular flexibility index (Phi) is 2.05. The minimum atomic E-state index is 0.431. The van der Waals surface area contributed by atoms with E-state index in [4.69, 9.17) is 4.74 Å². The first-order chi connectivity index (χ1) is 8.86. The Labute approximate surface area is 104 Å². The molecule has 0 bridgehead atoms. The number of hydrogen-bond acceptors (Lipinski definition) is 6. The van der Waals surface area contributed by atoms with Crippen molar-refractivity contribution >= 4 is 11.5 Å². The van der Waals surface area contributed by atoms with Crippen molar-refractivity contribution in [3.05, 3.63) is 12.4 Å². The lowest BCUT2D eigenvalue weighted by Gasteiger charge is -2.52. The van der Waals surface area contributed by atoms with Gasteiger partial charge in [-0.25, -0.2) is 4.98 Å². The summed E-state index contributed by atoms with van der Waals surface area (Å²) in [6.07, 6.45) is 5.81. The summed E-state index contributed by atoms with van der Waals surface area (Å²) in [6.45, 7) is 3.85. The van der Waals surface area contributed by atoms with Gasteiger partial charge < -0.3 is 9.64 Å². The van der Waals surface area contributed by atoms with Gasteiger partial charge in [-0.1, -0.05) is 0 Å². The third-order valence-corrected chi connectivity index (χ3v) is 4.00. The normalized spacial score (nSPS) is 22.3. The van der Waals surface area contributed by atoms with Crippen LogP contribution in [0.4, 0.5) is 5.82 Å². The summed E-state index contributed by atoms with van der Waals surface area (Å²) < 4.78 is 7.09. The summed E-state index contributed by atoms with van der Waals surface area (Å²) >= 11 is 0. The minimum absolute atomic E-state index is 0.431. The maximum absolute atomic E-state index is 5.43. The average Bonchev–Trinajstić information content (AvgIpc) is 2.85. The van der Waals surface area contributed by atoms with Gasteiger partial charge in [-0.15, -0.1) is 5.10 Å². The summed E-state index contributed by atoms with van der Waals surface area (Å²) in [4.78, 5) is 6.67. The molecule has 7 nitrogen and oxygen atoms in total. The van der Waals surface area contributed by atoms with Gasteiger partial charge in [0.1, 0.15) is 0 Å². The number of tetrazole rings is 1. The molecule has 0 radical (unpaired) electrons. The summed E-state index contributed by atoms with van der Waals surface area (Å²) in [5, 5.41) is 11.6. The van der Waals surface area contributed by atoms with Gasteiger partial charge in [0, 0.05) is 37.9 Å². The first-order valence-electron chi connectivity index (χ1n) is 6.22. The molecule has 0 N–H and O–H groups in total. The van der Waals surface area contributed by atoms with Crippen LogP contribution in [-0.4, -0.2) is 51.3 Å². The number of nitrogens with zero attached hydrogens (tertiary/aromatic N) is 6. The van der Waals surface area contributed by atoms with Gasteiger partial charge in [0.2, 0.25) is 5.65 Å². The van der Waals surface area contributed by atoms with Crippen LogP contribution in [0, 0.1) is 5.41 Å². The molecular formula is C11H14N6O. The lowest BCUT2D eigenvalue weighted by Crippen LogP contribution is -2.59. The van der Waals surface area contributed by atoms with Crippen LogP contribution in [0.15, 0.2) is 12.4 Å². The van der Waals surface area contributed by atoms with E-state index in [0.29, 0.717) is 5.41 Å². The Hall–Kier alpha value is -1.76. The summed E-state index contributed by atoms with van der Waals surface area (Å²) in [5.74, 6) is 0.889. The lowest BCUT2D eigenvalue weighted by atomic mass is 9.73. The van der Waals surface area contributed by atoms with Crippen LogP contribution >= 0.6 is 0 Å². The first kappa shape index (κ1) is 10.2. The van der Waals surface area contributed by atoms with Crippen LogP contribution < -0.4 is 4.90 Å². The van der Waals surface area contributed by atoms with Crippen molar-refractivity contribution in [3.8, 4) is 0 Å². The summed E-state index contributed by atoms with van der Waals surface area (Å²) in [5.41, 5.74) is 1.17. The molecule has 2 saturated heterocycles. The molecule has 7 heteroatoms. The highest BCUT2D eigenvalue weighted by Gasteiger charge is 2.45. The van der Waals surface area contributed by atoms with Gasteiger partial charge in [-0.2, -0.15) is 4.52 Å². The molecule has 0 aromatic carbocycles. The van der Waals surface area contributed by atoms with Gasteiger partial charge in [-0.05, 0) is 23.3 Å². The second kappa shape index (κ2) is 3.61. The fourth-order valence-corrected chi connectivity index (χ4v) is 2.92. The number of ether oxygens (including phenoxy) is 1. The molecule has 4 rings (SSSR count). The third kappa shape index (κ3) is 1.40. The minimum Gasteiger partial charge on any atom is -0.381 e. The molecule has 0 unspecified atom stereocenters. The number of hydrogen-bond donors (Lipinski definition) is 0. The second-order valence-corrected chi connectivity index (χ2v) is 5.17. The molecule has 0 saturated carbocycles. The predicted octanol–water partition coefficient (Wildman–Crippen LogP) is 0.136. The SMILES string of the molecule is c1cn2nnnc2c(N2CC3(CCOCC3)C2)n1. The van der Waals surface area contributed by atoms with Crippen LogP contribution in [0.25, 0.3) is 5.65 Å². The van der Waals surface area contributed by atoms with Crippen molar-refractivity contribution in [3.63, 3.8) is 0 Å². The molecular weight excluding hydrogens is 232 g/mol. The van der Waals surface area contributed by atoms with Gasteiger partial charge in [0.25, 0.3) is 0 Å². The summed E-state index contributed by atoms with van der Waals surface area (Å²) in [7, 11) is 0. The van der Waals surface area contributed by atoms with Gasteiger partial charge in [0.05, 0.1) is 6.20 Å². The van der Waals surface area contributed by atoms with Gasteiger partial charge >= 0.3 is 0 Å². The predicted molar refractivity (Wildman–Crippen MR) is 63.3 cm³/mol. The number of anilines is 1. The molecule has 2 aromatic rings. The highest BCUT2D eigenvalue weighted by molar-refractivity contribution is 5.64. The van der Waals surface area contributed by atoms with E-state index in [1.165, 1.54) is 0 Å². The maximum Gasteiger partial charge on any atom is 0.221 e. The molecule has 2 aliphatic rings. The van der Waals surface area contributed by atoms with Crippen LogP contribution in [0.5, 0.6) is 0 Å². The highest BCUT2D eigenvalue weighted by Crippen LogP contribution is 2.41. The molecule has 2 aliphatic heterocycles. The monoisotopic (exact) mass is 246 g/mol. The van der Waals surface area contributed by atoms with Gasteiger partial charge in [-0.3, -0.25) is 0 Å². The smallest absolute Gasteiger partial charge is 0.221 e. The zero-order chi connectivity index (χ0) is 12.0. The second-order valence-electron chi connectivity index (χ2n) is 5.17. The lowest BCUT2D eigenvalue weighted by molar-refractivity contribution is -0.000389. The average molecular weight is 246 g/mol. The third-order valence-electron chi connectivity index (χ3n) is 4.00. The number of aromatic nitrogens is 5. The Morgan fingerprint density at radius 2 is 2.06 bits per heavy atom. The van der Waals surface area contributed by atoms with Crippen molar-refractivity contribution < 1.29 is 4.74 Å².